The number of nitrogen functional groups attached to an aromatic ring is 1. The van der Waals surface area contributed by atoms with Gasteiger partial charge in [0.05, 0.1) is 11.9 Å². The van der Waals surface area contributed by atoms with E-state index in [0.29, 0.717) is 18.5 Å². The fraction of sp³-hybridized carbons (Fsp3) is 0.333. The van der Waals surface area contributed by atoms with Crippen molar-refractivity contribution in [1.82, 2.24) is 25.3 Å². The van der Waals surface area contributed by atoms with Crippen molar-refractivity contribution < 1.29 is 29.4 Å². The summed E-state index contributed by atoms with van der Waals surface area (Å²) in [5.74, 6) is -3.16. The van der Waals surface area contributed by atoms with E-state index in [1.807, 2.05) is 0 Å². The van der Waals surface area contributed by atoms with E-state index >= 15 is 0 Å². The second-order valence-electron chi connectivity index (χ2n) is 8.37. The summed E-state index contributed by atoms with van der Waals surface area (Å²) in [6.45, 7) is 0. The SMILES string of the molecule is Nc1nc2ncc(CCc3ccc(C(=O)N[C@@H](CCC(=O)CCCC(=O)O)C(=O)O)cc3)nc2c(=O)[nH]1. The van der Waals surface area contributed by atoms with E-state index in [0.717, 1.165) is 5.56 Å². The molecule has 1 amide bonds. The van der Waals surface area contributed by atoms with Crippen molar-refractivity contribution in [3.05, 3.63) is 57.6 Å². The lowest BCUT2D eigenvalue weighted by atomic mass is 10.0. The van der Waals surface area contributed by atoms with Crippen LogP contribution in [0.5, 0.6) is 0 Å². The van der Waals surface area contributed by atoms with Crippen molar-refractivity contribution in [2.75, 3.05) is 5.73 Å². The maximum absolute atomic E-state index is 12.5. The Morgan fingerprint density at radius 2 is 1.73 bits per heavy atom. The lowest BCUT2D eigenvalue weighted by Crippen LogP contribution is -2.41. The number of carboxylic acid groups (broad SMARTS) is 2. The molecule has 0 bridgehead atoms. The Balaban J connectivity index is 1.53. The zero-order chi connectivity index (χ0) is 26.9. The number of nitrogens with zero attached hydrogens (tertiary/aromatic N) is 3. The number of carboxylic acids is 2. The number of amides is 1. The maximum Gasteiger partial charge on any atom is 0.326 e. The van der Waals surface area contributed by atoms with Gasteiger partial charge in [0.15, 0.2) is 11.2 Å². The van der Waals surface area contributed by atoms with Crippen LogP contribution in [-0.4, -0.2) is 59.8 Å². The van der Waals surface area contributed by atoms with E-state index < -0.39 is 29.4 Å². The molecule has 0 aliphatic carbocycles. The molecule has 2 aromatic heterocycles. The van der Waals surface area contributed by atoms with E-state index in [9.17, 15) is 29.1 Å². The molecule has 0 radical (unpaired) electrons. The third-order valence-electron chi connectivity index (χ3n) is 5.53. The van der Waals surface area contributed by atoms with Crippen molar-refractivity contribution in [3.8, 4) is 0 Å². The highest BCUT2D eigenvalue weighted by atomic mass is 16.4. The number of aryl methyl sites for hydroxylation is 2. The Morgan fingerprint density at radius 3 is 2.41 bits per heavy atom. The van der Waals surface area contributed by atoms with Gasteiger partial charge < -0.3 is 21.3 Å². The van der Waals surface area contributed by atoms with Gasteiger partial charge in [0, 0.05) is 24.8 Å². The average molecular weight is 511 g/mol. The number of anilines is 1. The predicted molar refractivity (Wildman–Crippen MR) is 131 cm³/mol. The molecule has 13 nitrogen and oxygen atoms in total. The third-order valence-corrected chi connectivity index (χ3v) is 5.53. The van der Waals surface area contributed by atoms with Gasteiger partial charge in [0.1, 0.15) is 11.8 Å². The number of Topliss-reactive ketones (excluding diaryl/α,β-unsaturated/α-hetero) is 1. The number of fused-ring (bicyclic) bond motifs is 1. The molecule has 13 heteroatoms. The molecule has 1 atom stereocenters. The number of carbonyl (C=O) groups is 4. The Labute approximate surface area is 210 Å². The van der Waals surface area contributed by atoms with Crippen molar-refractivity contribution in [1.29, 1.82) is 0 Å². The van der Waals surface area contributed by atoms with E-state index in [1.165, 1.54) is 6.20 Å². The molecular weight excluding hydrogens is 484 g/mol. The molecule has 1 aromatic carbocycles. The summed E-state index contributed by atoms with van der Waals surface area (Å²) < 4.78 is 0. The van der Waals surface area contributed by atoms with Gasteiger partial charge in [-0.3, -0.25) is 24.2 Å². The number of aromatic amines is 1. The minimum absolute atomic E-state index is 0.0418. The molecule has 37 heavy (non-hydrogen) atoms. The molecule has 2 heterocycles. The van der Waals surface area contributed by atoms with Gasteiger partial charge in [-0.15, -0.1) is 0 Å². The van der Waals surface area contributed by atoms with E-state index in [2.05, 4.69) is 25.3 Å². The molecular formula is C24H26N6O7. The third kappa shape index (κ3) is 7.92. The monoisotopic (exact) mass is 510 g/mol. The number of hydrogen-bond donors (Lipinski definition) is 5. The van der Waals surface area contributed by atoms with Gasteiger partial charge >= 0.3 is 11.9 Å². The normalized spacial score (nSPS) is 11.7. The van der Waals surface area contributed by atoms with Crippen LogP contribution >= 0.6 is 0 Å². The first-order chi connectivity index (χ1) is 17.6. The smallest absolute Gasteiger partial charge is 0.326 e. The first kappa shape index (κ1) is 26.9. The largest absolute Gasteiger partial charge is 0.481 e. The van der Waals surface area contributed by atoms with Gasteiger partial charge in [-0.25, -0.2) is 14.8 Å². The average Bonchev–Trinajstić information content (AvgIpc) is 2.85. The molecule has 0 fully saturated rings. The van der Waals surface area contributed by atoms with Crippen LogP contribution in [0.25, 0.3) is 11.2 Å². The van der Waals surface area contributed by atoms with Crippen LogP contribution in [-0.2, 0) is 27.2 Å². The van der Waals surface area contributed by atoms with E-state index in [-0.39, 0.29) is 60.6 Å². The Kier molecular flexibility index (Phi) is 8.97. The first-order valence-corrected chi connectivity index (χ1v) is 11.5. The zero-order valence-electron chi connectivity index (χ0n) is 19.8. The molecule has 0 saturated carbocycles. The van der Waals surface area contributed by atoms with Crippen LogP contribution < -0.4 is 16.6 Å². The molecule has 3 rings (SSSR count). The summed E-state index contributed by atoms with van der Waals surface area (Å²) in [6, 6.07) is 5.31. The fourth-order valence-electron chi connectivity index (χ4n) is 3.55. The molecule has 3 aromatic rings. The zero-order valence-corrected chi connectivity index (χ0v) is 19.8. The summed E-state index contributed by atoms with van der Waals surface area (Å²) >= 11 is 0. The number of benzene rings is 1. The lowest BCUT2D eigenvalue weighted by molar-refractivity contribution is -0.139. The molecule has 0 saturated heterocycles. The van der Waals surface area contributed by atoms with Crippen LogP contribution in [0.2, 0.25) is 0 Å². The molecule has 0 aliphatic rings. The van der Waals surface area contributed by atoms with E-state index in [4.69, 9.17) is 10.8 Å². The van der Waals surface area contributed by atoms with Crippen LogP contribution in [0.3, 0.4) is 0 Å². The van der Waals surface area contributed by atoms with Crippen molar-refractivity contribution in [3.63, 3.8) is 0 Å². The summed E-state index contributed by atoms with van der Waals surface area (Å²) in [7, 11) is 0. The lowest BCUT2D eigenvalue weighted by Gasteiger charge is -2.14. The number of nitrogens with two attached hydrogens (primary N) is 1. The van der Waals surface area contributed by atoms with Crippen molar-refractivity contribution in [2.45, 2.75) is 51.0 Å². The number of nitrogens with one attached hydrogen (secondary N) is 2. The number of H-pyrrole nitrogens is 1. The highest BCUT2D eigenvalue weighted by molar-refractivity contribution is 5.96. The number of aliphatic carboxylic acids is 2. The summed E-state index contributed by atoms with van der Waals surface area (Å²) in [6.07, 6.45) is 2.45. The van der Waals surface area contributed by atoms with Crippen LogP contribution in [0.1, 0.15) is 53.7 Å². The number of rotatable bonds is 13. The highest BCUT2D eigenvalue weighted by Gasteiger charge is 2.21. The van der Waals surface area contributed by atoms with Gasteiger partial charge in [-0.1, -0.05) is 12.1 Å². The summed E-state index contributed by atoms with van der Waals surface area (Å²) in [4.78, 5) is 73.2. The quantitative estimate of drug-likeness (QED) is 0.217. The number of aromatic nitrogens is 4. The Hall–Kier alpha value is -4.68. The Bertz CT molecular complexity index is 1370. The topological polar surface area (TPSA) is 218 Å². The molecule has 0 unspecified atom stereocenters. The number of hydrogen-bond acceptors (Lipinski definition) is 9. The second-order valence-corrected chi connectivity index (χ2v) is 8.37. The van der Waals surface area contributed by atoms with Gasteiger partial charge in [0.2, 0.25) is 5.95 Å². The second kappa shape index (κ2) is 12.3. The minimum atomic E-state index is -1.27. The van der Waals surface area contributed by atoms with Crippen LogP contribution in [0, 0.1) is 0 Å². The number of carbonyl (C=O) groups excluding carboxylic acids is 2. The van der Waals surface area contributed by atoms with Gasteiger partial charge in [0.25, 0.3) is 11.5 Å². The van der Waals surface area contributed by atoms with Gasteiger partial charge in [-0.2, -0.15) is 4.98 Å². The summed E-state index contributed by atoms with van der Waals surface area (Å²) in [5.41, 5.74) is 6.98. The van der Waals surface area contributed by atoms with Crippen LogP contribution in [0.15, 0.2) is 35.3 Å². The standard InChI is InChI=1S/C24H26N6O7/c25-24-29-20-19(22(35)30-24)27-15(12-26-20)9-6-13-4-7-14(8-5-13)21(34)28-17(23(36)37)11-10-16(31)2-1-3-18(32)33/h4-5,7-8,12,17H,1-3,6,9-11H2,(H,28,34)(H,32,33)(H,36,37)(H3,25,26,29,30,35)/t17-/m0/s1. The van der Waals surface area contributed by atoms with Gasteiger partial charge in [-0.05, 0) is 43.4 Å². The first-order valence-electron chi connectivity index (χ1n) is 11.5. The van der Waals surface area contributed by atoms with Crippen molar-refractivity contribution >= 4 is 40.7 Å². The summed E-state index contributed by atoms with van der Waals surface area (Å²) in [5, 5.41) is 20.4. The fourth-order valence-corrected chi connectivity index (χ4v) is 3.55. The Morgan fingerprint density at radius 1 is 1.00 bits per heavy atom. The van der Waals surface area contributed by atoms with Crippen molar-refractivity contribution in [2.24, 2.45) is 0 Å². The maximum atomic E-state index is 12.5. The predicted octanol–water partition coefficient (Wildman–Crippen LogP) is 0.868. The number of ketones is 1. The molecule has 0 aliphatic heterocycles. The molecule has 0 spiro atoms. The minimum Gasteiger partial charge on any atom is -0.481 e. The molecule has 194 valence electrons. The van der Waals surface area contributed by atoms with Crippen LogP contribution in [0.4, 0.5) is 5.95 Å². The molecule has 6 N–H and O–H groups in total. The van der Waals surface area contributed by atoms with E-state index in [1.54, 1.807) is 24.3 Å². The highest BCUT2D eigenvalue weighted by Crippen LogP contribution is 2.11.